The zero-order valence-electron chi connectivity index (χ0n) is 28.0. The van der Waals surface area contributed by atoms with Gasteiger partial charge in [0.1, 0.15) is 5.75 Å². The Morgan fingerprint density at radius 3 is 2.40 bits per heavy atom. The molecule has 52 heavy (non-hydrogen) atoms. The Labute approximate surface area is 313 Å². The summed E-state index contributed by atoms with van der Waals surface area (Å²) in [6.45, 7) is 0.180. The van der Waals surface area contributed by atoms with Gasteiger partial charge in [-0.2, -0.15) is 5.01 Å². The fraction of sp³-hybridized carbons (Fsp3) is 0.282. The zero-order chi connectivity index (χ0) is 36.5. The summed E-state index contributed by atoms with van der Waals surface area (Å²) in [7, 11) is 2.98. The van der Waals surface area contributed by atoms with Crippen LogP contribution in [0.25, 0.3) is 0 Å². The molecule has 266 valence electrons. The highest BCUT2D eigenvalue weighted by Crippen LogP contribution is 2.64. The molecule has 0 radical (unpaired) electrons. The number of carbonyl (C=O) groups excluding carboxylic acids is 4. The van der Waals surface area contributed by atoms with E-state index in [1.165, 1.54) is 35.5 Å². The number of phenols is 1. The lowest BCUT2D eigenvalue weighted by molar-refractivity contribution is -0.141. The van der Waals surface area contributed by atoms with Gasteiger partial charge < -0.3 is 14.6 Å². The number of nitrogens with one attached hydrogen (secondary N) is 1. The number of anilines is 1. The van der Waals surface area contributed by atoms with Crippen LogP contribution in [0.1, 0.15) is 34.8 Å². The second kappa shape index (κ2) is 13.0. The number of ether oxygens (including phenoxy) is 2. The van der Waals surface area contributed by atoms with Crippen LogP contribution in [0.4, 0.5) is 5.69 Å². The van der Waals surface area contributed by atoms with Gasteiger partial charge in [-0.3, -0.25) is 29.5 Å². The van der Waals surface area contributed by atoms with E-state index in [1.807, 2.05) is 23.6 Å². The second-order valence-corrected chi connectivity index (χ2v) is 15.4. The largest absolute Gasteiger partial charge is 0.504 e. The SMILES string of the molecule is COc1ccc([C@@]23C(=O)N(Nc4ccc(Cl)cc4Cl)C(=O)[C@@H]2C[C@@H]2C(=CC[C@@H]4C(=O)N(Cc5cccs5)C(=O)[C@@H]42)[C@@H]3c2ccc(O)c(OC)c2)cc1. The van der Waals surface area contributed by atoms with Crippen LogP contribution in [0.5, 0.6) is 17.2 Å². The van der Waals surface area contributed by atoms with Crippen molar-refractivity contribution in [2.75, 3.05) is 19.6 Å². The first kappa shape index (κ1) is 34.3. The minimum Gasteiger partial charge on any atom is -0.504 e. The number of phenolic OH excluding ortho intramolecular Hbond substituents is 1. The summed E-state index contributed by atoms with van der Waals surface area (Å²) in [4.78, 5) is 60.7. The normalized spacial score (nSPS) is 26.5. The topological polar surface area (TPSA) is 125 Å². The molecule has 8 rings (SSSR count). The van der Waals surface area contributed by atoms with Crippen LogP contribution in [-0.4, -0.2) is 52.9 Å². The number of hydrogen-bond donors (Lipinski definition) is 2. The molecule has 13 heteroatoms. The number of allylic oxidation sites excluding steroid dienone is 2. The van der Waals surface area contributed by atoms with Gasteiger partial charge in [-0.15, -0.1) is 11.3 Å². The number of amides is 4. The third-order valence-electron chi connectivity index (χ3n) is 11.1. The van der Waals surface area contributed by atoms with Crippen molar-refractivity contribution in [1.82, 2.24) is 9.91 Å². The van der Waals surface area contributed by atoms with E-state index in [2.05, 4.69) is 5.43 Å². The molecule has 3 aromatic carbocycles. The zero-order valence-corrected chi connectivity index (χ0v) is 30.4. The molecule has 0 unspecified atom stereocenters. The van der Waals surface area contributed by atoms with Gasteiger partial charge in [-0.1, -0.05) is 59.1 Å². The maximum absolute atomic E-state index is 15.4. The van der Waals surface area contributed by atoms with Crippen LogP contribution in [0.3, 0.4) is 0 Å². The summed E-state index contributed by atoms with van der Waals surface area (Å²) >= 11 is 14.2. The minimum absolute atomic E-state index is 0.0957. The molecule has 2 N–H and O–H groups in total. The number of methoxy groups -OCH3 is 2. The van der Waals surface area contributed by atoms with Crippen molar-refractivity contribution in [3.05, 3.63) is 116 Å². The predicted octanol–water partition coefficient (Wildman–Crippen LogP) is 6.96. The number of hydrogen-bond acceptors (Lipinski definition) is 9. The van der Waals surface area contributed by atoms with Crippen LogP contribution < -0.4 is 14.9 Å². The van der Waals surface area contributed by atoms with E-state index < -0.39 is 46.8 Å². The van der Waals surface area contributed by atoms with Gasteiger partial charge in [-0.25, -0.2) is 0 Å². The smallest absolute Gasteiger partial charge is 0.260 e. The van der Waals surface area contributed by atoms with E-state index >= 15 is 4.79 Å². The average Bonchev–Trinajstić information content (AvgIpc) is 3.81. The van der Waals surface area contributed by atoms with Gasteiger partial charge in [0.15, 0.2) is 11.5 Å². The molecule has 2 aliphatic carbocycles. The molecule has 4 aliphatic rings. The maximum Gasteiger partial charge on any atom is 0.260 e. The van der Waals surface area contributed by atoms with Crippen molar-refractivity contribution in [2.45, 2.75) is 30.7 Å². The van der Waals surface area contributed by atoms with Crippen molar-refractivity contribution in [3.8, 4) is 17.2 Å². The Hall–Kier alpha value is -4.84. The fourth-order valence-electron chi connectivity index (χ4n) is 8.87. The summed E-state index contributed by atoms with van der Waals surface area (Å²) < 4.78 is 11.0. The van der Waals surface area contributed by atoms with E-state index in [9.17, 15) is 19.5 Å². The monoisotopic (exact) mass is 757 g/mol. The molecule has 10 nitrogen and oxygen atoms in total. The third-order valence-corrected chi connectivity index (χ3v) is 12.5. The van der Waals surface area contributed by atoms with Crippen LogP contribution in [0, 0.1) is 23.7 Å². The lowest BCUT2D eigenvalue weighted by atomic mass is 9.49. The van der Waals surface area contributed by atoms with Gasteiger partial charge in [0.25, 0.3) is 11.8 Å². The number of thiophene rings is 1. The first-order valence-corrected chi connectivity index (χ1v) is 18.4. The molecule has 2 saturated heterocycles. The van der Waals surface area contributed by atoms with Crippen LogP contribution in [-0.2, 0) is 31.1 Å². The highest BCUT2D eigenvalue weighted by molar-refractivity contribution is 7.09. The molecule has 0 spiro atoms. The summed E-state index contributed by atoms with van der Waals surface area (Å²) in [5.41, 5.74) is 3.72. The molecule has 0 bridgehead atoms. The Morgan fingerprint density at radius 1 is 0.923 bits per heavy atom. The van der Waals surface area contributed by atoms with Gasteiger partial charge in [0.05, 0.1) is 54.6 Å². The average molecular weight is 759 g/mol. The van der Waals surface area contributed by atoms with Crippen molar-refractivity contribution >= 4 is 63.9 Å². The molecule has 6 atom stereocenters. The van der Waals surface area contributed by atoms with Crippen molar-refractivity contribution in [3.63, 3.8) is 0 Å². The standard InChI is InChI=1S/C39H33Cl2N3O7S/c1-50-23-9-6-21(7-10-23)39-28(36(47)44(38(39)49)42-30-13-8-22(40)17-29(30)41)18-27-25(34(39)20-5-14-31(45)32(16-20)51-2)11-12-26-33(27)37(48)43(35(26)46)19-24-4-3-15-52-24/h3-11,13-17,26-28,33-34,42,45H,12,18-19H2,1-2H3/t26-,27+,28-,33-,34-,39+/m0/s1. The molecule has 3 fully saturated rings. The first-order valence-electron chi connectivity index (χ1n) is 16.8. The van der Waals surface area contributed by atoms with E-state index in [0.717, 1.165) is 15.5 Å². The highest BCUT2D eigenvalue weighted by atomic mass is 35.5. The quantitative estimate of drug-likeness (QED) is 0.146. The van der Waals surface area contributed by atoms with Gasteiger partial charge >= 0.3 is 0 Å². The summed E-state index contributed by atoms with van der Waals surface area (Å²) in [5.74, 6) is -4.54. The maximum atomic E-state index is 15.4. The highest BCUT2D eigenvalue weighted by Gasteiger charge is 2.70. The molecule has 1 aromatic heterocycles. The number of nitrogens with zero attached hydrogens (tertiary/aromatic N) is 2. The van der Waals surface area contributed by atoms with Crippen LogP contribution in [0.2, 0.25) is 10.0 Å². The first-order chi connectivity index (χ1) is 25.1. The van der Waals surface area contributed by atoms with E-state index in [0.29, 0.717) is 34.0 Å². The minimum atomic E-state index is -1.53. The number of rotatable bonds is 8. The Kier molecular flexibility index (Phi) is 8.55. The molecule has 2 aliphatic heterocycles. The van der Waals surface area contributed by atoms with Crippen LogP contribution >= 0.6 is 34.5 Å². The van der Waals surface area contributed by atoms with E-state index in [4.69, 9.17) is 32.7 Å². The van der Waals surface area contributed by atoms with Crippen molar-refractivity contribution in [1.29, 1.82) is 0 Å². The lowest BCUT2D eigenvalue weighted by Crippen LogP contribution is -2.53. The van der Waals surface area contributed by atoms with Crippen molar-refractivity contribution in [2.24, 2.45) is 23.7 Å². The van der Waals surface area contributed by atoms with E-state index in [1.54, 1.807) is 55.6 Å². The van der Waals surface area contributed by atoms with Crippen molar-refractivity contribution < 1.29 is 33.8 Å². The van der Waals surface area contributed by atoms with E-state index in [-0.39, 0.29) is 41.3 Å². The lowest BCUT2D eigenvalue weighted by Gasteiger charge is -2.50. The molecular weight excluding hydrogens is 725 g/mol. The van der Waals surface area contributed by atoms with Gasteiger partial charge in [0.2, 0.25) is 11.8 Å². The number of imide groups is 2. The summed E-state index contributed by atoms with van der Waals surface area (Å²) in [6, 6.07) is 20.4. The number of benzene rings is 3. The Bertz CT molecular complexity index is 2160. The number of carbonyl (C=O) groups is 4. The Balaban J connectivity index is 1.33. The summed E-state index contributed by atoms with van der Waals surface area (Å²) in [6.07, 6.45) is 2.41. The molecule has 1 saturated carbocycles. The fourth-order valence-corrected chi connectivity index (χ4v) is 10.0. The third kappa shape index (κ3) is 5.12. The number of fused-ring (bicyclic) bond motifs is 4. The Morgan fingerprint density at radius 2 is 1.71 bits per heavy atom. The number of halogens is 2. The molecular formula is C39H33Cl2N3O7S. The summed E-state index contributed by atoms with van der Waals surface area (Å²) in [5, 5.41) is 14.2. The van der Waals surface area contributed by atoms with Gasteiger partial charge in [0, 0.05) is 15.8 Å². The second-order valence-electron chi connectivity index (χ2n) is 13.5. The van der Waals surface area contributed by atoms with Gasteiger partial charge in [-0.05, 0) is 83.8 Å². The molecule has 3 heterocycles. The number of aromatic hydroxyl groups is 1. The van der Waals surface area contributed by atoms with Crippen LogP contribution in [0.15, 0.2) is 89.8 Å². The molecule has 4 aromatic rings. The number of hydrazine groups is 1. The predicted molar refractivity (Wildman–Crippen MR) is 195 cm³/mol. The molecule has 4 amide bonds. The number of likely N-dealkylation sites (tertiary alicyclic amines) is 1.